The summed E-state index contributed by atoms with van der Waals surface area (Å²) in [5, 5.41) is 11.3. The summed E-state index contributed by atoms with van der Waals surface area (Å²) in [4.78, 5) is 0.240. The van der Waals surface area contributed by atoms with Crippen LogP contribution in [-0.2, 0) is 9.84 Å². The second-order valence-electron chi connectivity index (χ2n) is 5.65. The fourth-order valence-corrected chi connectivity index (χ4v) is 3.82. The van der Waals surface area contributed by atoms with E-state index >= 15 is 0 Å². The molecule has 0 aromatic heterocycles. The summed E-state index contributed by atoms with van der Waals surface area (Å²) < 4.78 is 23.3. The minimum absolute atomic E-state index is 0.0861. The smallest absolute Gasteiger partial charge is 0.175 e. The minimum Gasteiger partial charge on any atom is -0.507 e. The Balaban J connectivity index is 2.20. The summed E-state index contributed by atoms with van der Waals surface area (Å²) >= 11 is 12.2. The summed E-state index contributed by atoms with van der Waals surface area (Å²) in [5.41, 5.74) is 2.78. The van der Waals surface area contributed by atoms with Gasteiger partial charge in [-0.25, -0.2) is 8.42 Å². The molecular weight excluding hydrogens is 379 g/mol. The van der Waals surface area contributed by atoms with Crippen LogP contribution in [0.25, 0.3) is 22.3 Å². The van der Waals surface area contributed by atoms with Gasteiger partial charge in [-0.2, -0.15) is 0 Å². The molecular formula is C19H14Cl2O3S. The first kappa shape index (κ1) is 17.8. The Morgan fingerprint density at radius 2 is 1.44 bits per heavy atom. The van der Waals surface area contributed by atoms with Gasteiger partial charge in [0.2, 0.25) is 0 Å². The number of hydrogen-bond donors (Lipinski definition) is 1. The summed E-state index contributed by atoms with van der Waals surface area (Å²) in [5.74, 6) is 0.0861. The fourth-order valence-electron chi connectivity index (χ4n) is 2.66. The van der Waals surface area contributed by atoms with Gasteiger partial charge >= 0.3 is 0 Å². The van der Waals surface area contributed by atoms with E-state index in [2.05, 4.69) is 0 Å². The first-order chi connectivity index (χ1) is 11.8. The molecule has 6 heteroatoms. The third-order valence-electron chi connectivity index (χ3n) is 3.79. The number of benzene rings is 3. The Hall–Kier alpha value is -2.01. The van der Waals surface area contributed by atoms with Gasteiger partial charge in [-0.05, 0) is 53.1 Å². The third-order valence-corrected chi connectivity index (χ3v) is 5.35. The third kappa shape index (κ3) is 3.82. The molecule has 0 aliphatic carbocycles. The lowest BCUT2D eigenvalue weighted by Crippen LogP contribution is -1.96. The molecule has 0 bridgehead atoms. The Labute approximate surface area is 156 Å². The topological polar surface area (TPSA) is 54.4 Å². The van der Waals surface area contributed by atoms with Crippen LogP contribution in [0.3, 0.4) is 0 Å². The molecule has 25 heavy (non-hydrogen) atoms. The highest BCUT2D eigenvalue weighted by atomic mass is 35.5. The molecule has 0 aliphatic heterocycles. The van der Waals surface area contributed by atoms with Crippen LogP contribution in [-0.4, -0.2) is 19.8 Å². The predicted molar refractivity (Wildman–Crippen MR) is 102 cm³/mol. The van der Waals surface area contributed by atoms with Gasteiger partial charge in [0.25, 0.3) is 0 Å². The number of phenols is 1. The highest BCUT2D eigenvalue weighted by Gasteiger charge is 2.14. The quantitative estimate of drug-likeness (QED) is 0.645. The highest BCUT2D eigenvalue weighted by Crippen LogP contribution is 2.40. The van der Waals surface area contributed by atoms with Crippen LogP contribution < -0.4 is 0 Å². The largest absolute Gasteiger partial charge is 0.507 e. The van der Waals surface area contributed by atoms with Crippen molar-refractivity contribution in [2.45, 2.75) is 4.90 Å². The summed E-state index contributed by atoms with van der Waals surface area (Å²) in [6.07, 6.45) is 1.16. The maximum atomic E-state index is 11.6. The van der Waals surface area contributed by atoms with Crippen LogP contribution in [0.5, 0.6) is 5.75 Å². The monoisotopic (exact) mass is 392 g/mol. The van der Waals surface area contributed by atoms with Gasteiger partial charge in [-0.15, -0.1) is 0 Å². The lowest BCUT2D eigenvalue weighted by atomic mass is 9.94. The first-order valence-electron chi connectivity index (χ1n) is 7.34. The first-order valence-corrected chi connectivity index (χ1v) is 9.99. The van der Waals surface area contributed by atoms with Crippen LogP contribution >= 0.6 is 23.2 Å². The molecule has 0 amide bonds. The van der Waals surface area contributed by atoms with Crippen molar-refractivity contribution in [1.29, 1.82) is 0 Å². The van der Waals surface area contributed by atoms with E-state index in [1.807, 2.05) is 6.07 Å². The van der Waals surface area contributed by atoms with E-state index in [9.17, 15) is 13.5 Å². The second kappa shape index (κ2) is 6.71. The maximum Gasteiger partial charge on any atom is 0.175 e. The molecule has 0 saturated carbocycles. The standard InChI is InChI=1S/C19H14Cl2O3S/c1-25(23,24)16-7-5-12(6-8-16)17-3-2-4-18(22)19(17)13-9-14(20)11-15(21)10-13/h2-11,22H,1H3. The average molecular weight is 393 g/mol. The molecule has 0 unspecified atom stereocenters. The summed E-state index contributed by atoms with van der Waals surface area (Å²) in [6.45, 7) is 0. The SMILES string of the molecule is CS(=O)(=O)c1ccc(-c2cccc(O)c2-c2cc(Cl)cc(Cl)c2)cc1. The number of sulfone groups is 1. The van der Waals surface area contributed by atoms with Crippen LogP contribution in [0.1, 0.15) is 0 Å². The molecule has 3 aromatic rings. The van der Waals surface area contributed by atoms with E-state index in [1.165, 1.54) is 0 Å². The summed E-state index contributed by atoms with van der Waals surface area (Å²) in [7, 11) is -3.27. The zero-order chi connectivity index (χ0) is 18.2. The van der Waals surface area contributed by atoms with Gasteiger partial charge in [-0.1, -0.05) is 47.5 Å². The van der Waals surface area contributed by atoms with E-state index in [0.717, 1.165) is 17.4 Å². The zero-order valence-corrected chi connectivity index (χ0v) is 15.5. The minimum atomic E-state index is -3.27. The molecule has 0 radical (unpaired) electrons. The molecule has 128 valence electrons. The lowest BCUT2D eigenvalue weighted by molar-refractivity contribution is 0.477. The lowest BCUT2D eigenvalue weighted by Gasteiger charge is -2.13. The van der Waals surface area contributed by atoms with Crippen molar-refractivity contribution < 1.29 is 13.5 Å². The highest BCUT2D eigenvalue weighted by molar-refractivity contribution is 7.90. The van der Waals surface area contributed by atoms with Crippen LogP contribution in [0, 0.1) is 0 Å². The Bertz CT molecular complexity index is 1020. The Morgan fingerprint density at radius 3 is 2.00 bits per heavy atom. The van der Waals surface area contributed by atoms with Gasteiger partial charge < -0.3 is 5.11 Å². The van der Waals surface area contributed by atoms with Crippen molar-refractivity contribution in [3.05, 3.63) is 70.7 Å². The molecule has 0 fully saturated rings. The predicted octanol–water partition coefficient (Wildman–Crippen LogP) is 5.44. The van der Waals surface area contributed by atoms with Gasteiger partial charge in [-0.3, -0.25) is 0 Å². The van der Waals surface area contributed by atoms with Crippen molar-refractivity contribution in [3.63, 3.8) is 0 Å². The average Bonchev–Trinajstić information content (AvgIpc) is 2.53. The van der Waals surface area contributed by atoms with Crippen LogP contribution in [0.15, 0.2) is 65.6 Å². The van der Waals surface area contributed by atoms with E-state index in [1.54, 1.807) is 54.6 Å². The van der Waals surface area contributed by atoms with Gasteiger partial charge in [0.15, 0.2) is 9.84 Å². The molecule has 0 spiro atoms. The normalized spacial score (nSPS) is 11.5. The molecule has 3 aromatic carbocycles. The molecule has 0 aliphatic rings. The molecule has 1 N–H and O–H groups in total. The van der Waals surface area contributed by atoms with E-state index in [-0.39, 0.29) is 10.6 Å². The van der Waals surface area contributed by atoms with E-state index in [4.69, 9.17) is 23.2 Å². The Morgan fingerprint density at radius 1 is 0.840 bits per heavy atom. The number of hydrogen-bond acceptors (Lipinski definition) is 3. The molecule has 0 saturated heterocycles. The van der Waals surface area contributed by atoms with Gasteiger partial charge in [0.1, 0.15) is 5.75 Å². The number of halogens is 2. The van der Waals surface area contributed by atoms with Crippen molar-refractivity contribution in [3.8, 4) is 28.0 Å². The van der Waals surface area contributed by atoms with Crippen molar-refractivity contribution in [1.82, 2.24) is 0 Å². The summed E-state index contributed by atoms with van der Waals surface area (Å²) in [6, 6.07) is 16.7. The molecule has 0 atom stereocenters. The van der Waals surface area contributed by atoms with Crippen molar-refractivity contribution >= 4 is 33.0 Å². The van der Waals surface area contributed by atoms with Crippen LogP contribution in [0.2, 0.25) is 10.0 Å². The molecule has 0 heterocycles. The zero-order valence-electron chi connectivity index (χ0n) is 13.2. The van der Waals surface area contributed by atoms with E-state index < -0.39 is 9.84 Å². The van der Waals surface area contributed by atoms with Crippen molar-refractivity contribution in [2.75, 3.05) is 6.26 Å². The van der Waals surface area contributed by atoms with Crippen LogP contribution in [0.4, 0.5) is 0 Å². The number of rotatable bonds is 3. The molecule has 3 nitrogen and oxygen atoms in total. The fraction of sp³-hybridized carbons (Fsp3) is 0.0526. The van der Waals surface area contributed by atoms with E-state index in [0.29, 0.717) is 21.2 Å². The van der Waals surface area contributed by atoms with Gasteiger partial charge in [0, 0.05) is 21.9 Å². The van der Waals surface area contributed by atoms with Crippen molar-refractivity contribution in [2.24, 2.45) is 0 Å². The number of aromatic hydroxyl groups is 1. The molecule has 3 rings (SSSR count). The maximum absolute atomic E-state index is 11.6. The van der Waals surface area contributed by atoms with Gasteiger partial charge in [0.05, 0.1) is 4.90 Å². The Kier molecular flexibility index (Phi) is 4.78. The second-order valence-corrected chi connectivity index (χ2v) is 8.54. The number of phenolic OH excluding ortho intramolecular Hbond substituents is 1.